The van der Waals surface area contributed by atoms with Crippen molar-refractivity contribution in [1.29, 1.82) is 0 Å². The molecule has 0 atom stereocenters. The Morgan fingerprint density at radius 2 is 2.00 bits per heavy atom. The van der Waals surface area contributed by atoms with Crippen LogP contribution in [0.1, 0.15) is 24.2 Å². The molecule has 1 heterocycles. The van der Waals surface area contributed by atoms with Crippen LogP contribution in [0.2, 0.25) is 0 Å². The summed E-state index contributed by atoms with van der Waals surface area (Å²) in [6, 6.07) is 7.36. The maximum absolute atomic E-state index is 12.8. The van der Waals surface area contributed by atoms with E-state index in [0.29, 0.717) is 18.1 Å². The van der Waals surface area contributed by atoms with Crippen LogP contribution in [0.3, 0.4) is 0 Å². The molecule has 2 aromatic rings. The average Bonchev–Trinajstić information content (AvgIpc) is 3.19. The fourth-order valence-electron chi connectivity index (χ4n) is 2.27. The molecule has 1 aromatic heterocycles. The third-order valence-electron chi connectivity index (χ3n) is 3.52. The third kappa shape index (κ3) is 2.66. The van der Waals surface area contributed by atoms with Crippen LogP contribution in [0.5, 0.6) is 0 Å². The fraction of sp³-hybridized carbons (Fsp3) is 0.357. The van der Waals surface area contributed by atoms with E-state index in [4.69, 9.17) is 5.73 Å². The Balaban J connectivity index is 2.01. The molecule has 6 nitrogen and oxygen atoms in total. The van der Waals surface area contributed by atoms with Gasteiger partial charge in [-0.3, -0.25) is 4.31 Å². The molecule has 0 amide bonds. The lowest BCUT2D eigenvalue weighted by Crippen LogP contribution is -2.33. The van der Waals surface area contributed by atoms with Gasteiger partial charge in [-0.25, -0.2) is 4.98 Å². The summed E-state index contributed by atoms with van der Waals surface area (Å²) in [5, 5.41) is 0.134. The Kier molecular flexibility index (Phi) is 3.46. The number of imidazole rings is 1. The molecule has 0 spiro atoms. The lowest BCUT2D eigenvalue weighted by molar-refractivity contribution is 0.587. The number of hydrogen-bond donors (Lipinski definition) is 2. The molecule has 1 saturated carbocycles. The Bertz CT molecular complexity index is 733. The van der Waals surface area contributed by atoms with Crippen LogP contribution in [0.4, 0.5) is 5.69 Å². The number of nitrogens with one attached hydrogen (secondary N) is 1. The topological polar surface area (TPSA) is 92.1 Å². The lowest BCUT2D eigenvalue weighted by atomic mass is 10.2. The van der Waals surface area contributed by atoms with E-state index in [-0.39, 0.29) is 11.1 Å². The summed E-state index contributed by atoms with van der Waals surface area (Å²) in [6.45, 7) is 2.17. The molecule has 1 fully saturated rings. The number of rotatable bonds is 5. The van der Waals surface area contributed by atoms with Gasteiger partial charge >= 0.3 is 0 Å². The normalized spacial score (nSPS) is 15.1. The van der Waals surface area contributed by atoms with Gasteiger partial charge in [0.2, 0.25) is 0 Å². The van der Waals surface area contributed by atoms with Crippen molar-refractivity contribution >= 4 is 15.7 Å². The molecule has 3 N–H and O–H groups in total. The zero-order chi connectivity index (χ0) is 15.0. The summed E-state index contributed by atoms with van der Waals surface area (Å²) in [7, 11) is -3.61. The van der Waals surface area contributed by atoms with E-state index in [0.717, 1.165) is 18.4 Å². The first-order chi connectivity index (χ1) is 10.0. The number of benzene rings is 1. The highest BCUT2D eigenvalue weighted by Gasteiger charge is 2.39. The zero-order valence-electron chi connectivity index (χ0n) is 11.8. The van der Waals surface area contributed by atoms with Crippen LogP contribution in [-0.2, 0) is 16.6 Å². The van der Waals surface area contributed by atoms with Gasteiger partial charge in [0.15, 0.2) is 5.03 Å². The molecule has 1 aliphatic carbocycles. The molecule has 0 bridgehead atoms. The minimum atomic E-state index is -3.61. The lowest BCUT2D eigenvalue weighted by Gasteiger charge is -2.23. The van der Waals surface area contributed by atoms with Gasteiger partial charge in [0.05, 0.1) is 11.9 Å². The predicted octanol–water partition coefficient (Wildman–Crippen LogP) is 1.53. The van der Waals surface area contributed by atoms with Crippen LogP contribution in [0, 0.1) is 6.92 Å². The number of anilines is 1. The maximum Gasteiger partial charge on any atom is 0.281 e. The summed E-state index contributed by atoms with van der Waals surface area (Å²) in [6.07, 6.45) is 3.13. The smallest absolute Gasteiger partial charge is 0.281 e. The van der Waals surface area contributed by atoms with Crippen LogP contribution < -0.4 is 10.0 Å². The minimum absolute atomic E-state index is 0.0299. The first kappa shape index (κ1) is 14.1. The van der Waals surface area contributed by atoms with Crippen molar-refractivity contribution < 1.29 is 8.42 Å². The standard InChI is InChI=1S/C14H18N4O2S/c1-10-16-9-14(17-10)21(19,20)18(13-6-7-13)12-4-2-11(8-15)3-5-12/h2-5,9,13H,6-8,15H2,1H3,(H,16,17). The highest BCUT2D eigenvalue weighted by atomic mass is 32.2. The summed E-state index contributed by atoms with van der Waals surface area (Å²) >= 11 is 0. The molecule has 1 aromatic carbocycles. The van der Waals surface area contributed by atoms with Gasteiger partial charge in [0.25, 0.3) is 10.0 Å². The highest BCUT2D eigenvalue weighted by molar-refractivity contribution is 7.92. The van der Waals surface area contributed by atoms with Crippen molar-refractivity contribution in [2.75, 3.05) is 4.31 Å². The molecular weight excluding hydrogens is 288 g/mol. The number of nitrogens with two attached hydrogens (primary N) is 1. The summed E-state index contributed by atoms with van der Waals surface area (Å²) < 4.78 is 27.1. The van der Waals surface area contributed by atoms with Crippen molar-refractivity contribution in [3.8, 4) is 0 Å². The molecule has 0 radical (unpaired) electrons. The van der Waals surface area contributed by atoms with E-state index in [1.54, 1.807) is 19.1 Å². The largest absolute Gasteiger partial charge is 0.332 e. The first-order valence-electron chi connectivity index (χ1n) is 6.87. The van der Waals surface area contributed by atoms with E-state index in [2.05, 4.69) is 9.97 Å². The van der Waals surface area contributed by atoms with Gasteiger partial charge in [-0.05, 0) is 37.5 Å². The minimum Gasteiger partial charge on any atom is -0.332 e. The van der Waals surface area contributed by atoms with E-state index < -0.39 is 10.0 Å². The van der Waals surface area contributed by atoms with E-state index >= 15 is 0 Å². The molecule has 112 valence electrons. The second-order valence-corrected chi connectivity index (χ2v) is 7.02. The summed E-state index contributed by atoms with van der Waals surface area (Å²) in [5.41, 5.74) is 7.23. The van der Waals surface area contributed by atoms with Gasteiger partial charge in [0.1, 0.15) is 5.82 Å². The molecular formula is C14H18N4O2S. The molecule has 3 rings (SSSR count). The number of sulfonamides is 1. The fourth-order valence-corrected chi connectivity index (χ4v) is 3.95. The van der Waals surface area contributed by atoms with Gasteiger partial charge < -0.3 is 10.7 Å². The summed E-state index contributed by atoms with van der Waals surface area (Å²) in [5.74, 6) is 0.586. The van der Waals surface area contributed by atoms with Crippen LogP contribution >= 0.6 is 0 Å². The van der Waals surface area contributed by atoms with Crippen LogP contribution in [0.25, 0.3) is 0 Å². The van der Waals surface area contributed by atoms with Crippen molar-refractivity contribution in [2.45, 2.75) is 37.4 Å². The Morgan fingerprint density at radius 3 is 2.48 bits per heavy atom. The first-order valence-corrected chi connectivity index (χ1v) is 8.31. The van der Waals surface area contributed by atoms with Gasteiger partial charge in [-0.2, -0.15) is 8.42 Å². The van der Waals surface area contributed by atoms with E-state index in [9.17, 15) is 8.42 Å². The molecule has 0 unspecified atom stereocenters. The number of nitrogens with zero attached hydrogens (tertiary/aromatic N) is 2. The van der Waals surface area contributed by atoms with Crippen molar-refractivity contribution in [3.63, 3.8) is 0 Å². The second kappa shape index (κ2) is 5.16. The van der Waals surface area contributed by atoms with Crippen molar-refractivity contribution in [1.82, 2.24) is 9.97 Å². The molecule has 7 heteroatoms. The predicted molar refractivity (Wildman–Crippen MR) is 80.3 cm³/mol. The van der Waals surface area contributed by atoms with Crippen molar-refractivity contribution in [3.05, 3.63) is 41.9 Å². The van der Waals surface area contributed by atoms with Gasteiger partial charge in [-0.15, -0.1) is 0 Å². The van der Waals surface area contributed by atoms with Gasteiger partial charge in [0, 0.05) is 12.6 Å². The van der Waals surface area contributed by atoms with E-state index in [1.165, 1.54) is 10.5 Å². The number of aromatic amines is 1. The average molecular weight is 306 g/mol. The molecule has 21 heavy (non-hydrogen) atoms. The number of H-pyrrole nitrogens is 1. The molecule has 0 saturated heterocycles. The number of aromatic nitrogens is 2. The maximum atomic E-state index is 12.8. The SMILES string of the molecule is Cc1ncc(S(=O)(=O)N(c2ccc(CN)cc2)C2CC2)[nH]1. The van der Waals surface area contributed by atoms with E-state index in [1.807, 2.05) is 12.1 Å². The van der Waals surface area contributed by atoms with Crippen LogP contribution in [-0.4, -0.2) is 24.4 Å². The third-order valence-corrected chi connectivity index (χ3v) is 5.31. The number of hydrogen-bond acceptors (Lipinski definition) is 4. The quantitative estimate of drug-likeness (QED) is 0.876. The molecule has 0 aliphatic heterocycles. The Hall–Kier alpha value is -1.86. The second-order valence-electron chi connectivity index (χ2n) is 5.24. The zero-order valence-corrected chi connectivity index (χ0v) is 12.6. The molecule has 1 aliphatic rings. The van der Waals surface area contributed by atoms with Gasteiger partial charge in [-0.1, -0.05) is 12.1 Å². The number of aryl methyl sites for hydroxylation is 1. The monoisotopic (exact) mass is 306 g/mol. The Labute approximate surface area is 124 Å². The van der Waals surface area contributed by atoms with Crippen molar-refractivity contribution in [2.24, 2.45) is 5.73 Å². The van der Waals surface area contributed by atoms with Crippen LogP contribution in [0.15, 0.2) is 35.5 Å². The summed E-state index contributed by atoms with van der Waals surface area (Å²) in [4.78, 5) is 6.80. The highest BCUT2D eigenvalue weighted by Crippen LogP contribution is 2.36. The Morgan fingerprint density at radius 1 is 1.33 bits per heavy atom.